The Labute approximate surface area is 300 Å². The Morgan fingerprint density at radius 2 is 1.27 bits per heavy atom. The number of nitrogens with zero attached hydrogens (tertiary/aromatic N) is 4. The number of hydrogen-bond donors (Lipinski definition) is 1. The minimum Gasteiger partial charge on any atom is -0.512 e. The average Bonchev–Trinajstić information content (AvgIpc) is 3.62. The van der Waals surface area contributed by atoms with E-state index in [0.29, 0.717) is 45.1 Å². The Bertz CT molecular complexity index is 2110. The smallest absolute Gasteiger partial charge is 0.512 e. The van der Waals surface area contributed by atoms with Crippen molar-refractivity contribution >= 4 is 59.6 Å². The summed E-state index contributed by atoms with van der Waals surface area (Å²) in [5, 5.41) is 10.2. The first-order valence-corrected chi connectivity index (χ1v) is 16.7. The monoisotopic (exact) mass is 684 g/mol. The molecular weight excluding hydrogens is 641 g/mol. The Kier molecular flexibility index (Phi) is 11.1. The molecule has 0 saturated heterocycles. The number of aromatic nitrogens is 1. The zero-order chi connectivity index (χ0) is 37.0. The lowest BCUT2D eigenvalue weighted by Crippen LogP contribution is -2.18. The molecule has 0 amide bonds. The van der Waals surface area contributed by atoms with E-state index in [-0.39, 0.29) is 17.1 Å². The first-order chi connectivity index (χ1) is 24.2. The fourth-order valence-corrected chi connectivity index (χ4v) is 6.20. The van der Waals surface area contributed by atoms with Gasteiger partial charge in [0.25, 0.3) is 0 Å². The highest BCUT2D eigenvalue weighted by molar-refractivity contribution is 6.42. The van der Waals surface area contributed by atoms with E-state index in [4.69, 9.17) is 4.99 Å². The molecule has 260 valence electrons. The first-order valence-electron chi connectivity index (χ1n) is 16.7. The molecule has 9 heteroatoms. The van der Waals surface area contributed by atoms with Crippen LogP contribution in [-0.2, 0) is 4.79 Å². The van der Waals surface area contributed by atoms with Crippen LogP contribution < -0.4 is 9.80 Å². The van der Waals surface area contributed by atoms with Crippen LogP contribution in [0.1, 0.15) is 60.0 Å². The number of aliphatic imine (C=N–C) groups is 1. The normalized spacial score (nSPS) is 14.5. The number of carbonyl (C=O) groups is 1. The van der Waals surface area contributed by atoms with Gasteiger partial charge in [0.05, 0.1) is 17.0 Å². The van der Waals surface area contributed by atoms with Crippen LogP contribution in [0.25, 0.3) is 29.4 Å². The maximum absolute atomic E-state index is 15.2. The predicted octanol–water partition coefficient (Wildman–Crippen LogP) is 9.62. The van der Waals surface area contributed by atoms with E-state index in [1.165, 1.54) is 13.8 Å². The number of carbonyl (C=O) groups excluding carboxylic acids is 1. The van der Waals surface area contributed by atoms with Gasteiger partial charge in [-0.25, -0.2) is 4.99 Å². The van der Waals surface area contributed by atoms with Crippen molar-refractivity contribution < 1.29 is 18.5 Å². The molecule has 0 atom stereocenters. The zero-order valence-electron chi connectivity index (χ0n) is 30.4. The summed E-state index contributed by atoms with van der Waals surface area (Å²) in [5.74, 6) is -0.362. The third-order valence-corrected chi connectivity index (χ3v) is 8.79. The Morgan fingerprint density at radius 1 is 0.765 bits per heavy atom. The van der Waals surface area contributed by atoms with Crippen molar-refractivity contribution in [3.8, 4) is 0 Å². The Hall–Kier alpha value is -5.70. The lowest BCUT2D eigenvalue weighted by atomic mass is 9.92. The number of ketones is 1. The fraction of sp³-hybridized carbons (Fsp3) is 0.190. The molecule has 6 nitrogen and oxygen atoms in total. The molecular formula is C42H43BF2N4O2. The highest BCUT2D eigenvalue weighted by atomic mass is 19.2. The molecule has 0 fully saturated rings. The second kappa shape index (κ2) is 15.5. The van der Waals surface area contributed by atoms with Gasteiger partial charge in [-0.05, 0) is 110 Å². The number of halogens is 2. The quantitative estimate of drug-likeness (QED) is 0.0972. The van der Waals surface area contributed by atoms with Crippen LogP contribution in [0.5, 0.6) is 0 Å². The van der Waals surface area contributed by atoms with E-state index >= 15 is 8.63 Å². The summed E-state index contributed by atoms with van der Waals surface area (Å²) >= 11 is 0. The van der Waals surface area contributed by atoms with E-state index < -0.39 is 7.40 Å². The van der Waals surface area contributed by atoms with Crippen LogP contribution >= 0.6 is 0 Å². The van der Waals surface area contributed by atoms with Crippen molar-refractivity contribution in [2.24, 2.45) is 4.99 Å². The minimum absolute atomic E-state index is 0.0870. The number of rotatable bonds is 11. The molecule has 0 unspecified atom stereocenters. The Balaban J connectivity index is 1.66. The van der Waals surface area contributed by atoms with Crippen molar-refractivity contribution in [1.82, 2.24) is 4.48 Å². The molecule has 5 rings (SSSR count). The van der Waals surface area contributed by atoms with E-state index in [1.807, 2.05) is 125 Å². The van der Waals surface area contributed by atoms with Gasteiger partial charge in [-0.15, -0.1) is 0 Å². The average molecular weight is 685 g/mol. The Morgan fingerprint density at radius 3 is 1.75 bits per heavy atom. The standard InChI is InChI=1S/C42H43BF2N4O2/c1-27-25-35(19-9-31-10-20-36(21-11-31)47(5)6)46-41(27)40(34-17-15-33(16-18-34)39(29(3)50)30(4)51)42-28(2)26-38(49(42)43(44)45)24-14-32-12-22-37(23-13-32)48(7)8/h9-26,50H,1-8H3/b19-9-,24-14+,39-29+,41-40-. The summed E-state index contributed by atoms with van der Waals surface area (Å²) in [6.07, 6.45) is 9.39. The van der Waals surface area contributed by atoms with Gasteiger partial charge in [-0.2, -0.15) is 0 Å². The molecule has 0 saturated carbocycles. The third-order valence-electron chi connectivity index (χ3n) is 8.79. The number of anilines is 2. The predicted molar refractivity (Wildman–Crippen MR) is 212 cm³/mol. The molecule has 0 spiro atoms. The van der Waals surface area contributed by atoms with Crippen LogP contribution in [0.3, 0.4) is 0 Å². The molecule has 1 aliphatic rings. The van der Waals surface area contributed by atoms with E-state index in [0.717, 1.165) is 32.6 Å². The summed E-state index contributed by atoms with van der Waals surface area (Å²) in [6, 6.07) is 24.8. The molecule has 1 aliphatic heterocycles. The summed E-state index contributed by atoms with van der Waals surface area (Å²) in [4.78, 5) is 21.4. The van der Waals surface area contributed by atoms with Crippen LogP contribution in [0, 0.1) is 6.92 Å². The topological polar surface area (TPSA) is 61.1 Å². The summed E-state index contributed by atoms with van der Waals surface area (Å²) in [6.45, 7) is 6.62. The van der Waals surface area contributed by atoms with Crippen LogP contribution in [0.2, 0.25) is 0 Å². The number of benzene rings is 3. The van der Waals surface area contributed by atoms with Gasteiger partial charge < -0.3 is 19.4 Å². The van der Waals surface area contributed by atoms with Gasteiger partial charge in [-0.1, -0.05) is 60.7 Å². The van der Waals surface area contributed by atoms with Gasteiger partial charge in [-0.3, -0.25) is 13.4 Å². The summed E-state index contributed by atoms with van der Waals surface area (Å²) in [5.41, 5.74) is 9.40. The maximum atomic E-state index is 15.2. The molecule has 1 aromatic heterocycles. The van der Waals surface area contributed by atoms with Gasteiger partial charge >= 0.3 is 7.40 Å². The van der Waals surface area contributed by atoms with Crippen LogP contribution in [-0.4, -0.2) is 56.7 Å². The number of hydrogen-bond acceptors (Lipinski definition) is 5. The van der Waals surface area contributed by atoms with Gasteiger partial charge in [0, 0.05) is 56.5 Å². The van der Waals surface area contributed by atoms with Crippen molar-refractivity contribution in [2.75, 3.05) is 38.0 Å². The van der Waals surface area contributed by atoms with Crippen molar-refractivity contribution in [3.05, 3.63) is 147 Å². The molecule has 1 N–H and O–H groups in total. The third kappa shape index (κ3) is 8.21. The van der Waals surface area contributed by atoms with Crippen LogP contribution in [0.4, 0.5) is 20.0 Å². The second-order valence-electron chi connectivity index (χ2n) is 13.1. The molecule has 51 heavy (non-hydrogen) atoms. The molecule has 4 aromatic rings. The first kappa shape index (κ1) is 36.6. The second-order valence-corrected chi connectivity index (χ2v) is 13.1. The minimum atomic E-state index is -2.84. The highest BCUT2D eigenvalue weighted by Gasteiger charge is 2.30. The highest BCUT2D eigenvalue weighted by Crippen LogP contribution is 2.38. The molecule has 0 aliphatic carbocycles. The van der Waals surface area contributed by atoms with E-state index in [1.54, 1.807) is 36.4 Å². The number of aryl methyl sites for hydroxylation is 1. The number of aliphatic hydroxyl groups excluding tert-OH is 1. The molecule has 0 bridgehead atoms. The molecule has 3 aromatic carbocycles. The van der Waals surface area contributed by atoms with E-state index in [2.05, 4.69) is 0 Å². The number of allylic oxidation sites excluding steroid dienone is 5. The summed E-state index contributed by atoms with van der Waals surface area (Å²) in [7, 11) is 5.07. The van der Waals surface area contributed by atoms with Gasteiger partial charge in [0.2, 0.25) is 0 Å². The zero-order valence-corrected chi connectivity index (χ0v) is 30.4. The van der Waals surface area contributed by atoms with Gasteiger partial charge in [0.1, 0.15) is 5.76 Å². The van der Waals surface area contributed by atoms with Crippen molar-refractivity contribution in [1.29, 1.82) is 0 Å². The van der Waals surface area contributed by atoms with Crippen molar-refractivity contribution in [3.63, 3.8) is 0 Å². The van der Waals surface area contributed by atoms with Gasteiger partial charge in [0.15, 0.2) is 5.78 Å². The molecule has 2 heterocycles. The SMILES string of the molecule is CC(=O)/C(=C(/C)O)c1ccc(/C(=C2N=C(/C=C\c3ccc(N(C)C)cc3)C=C/2C)c2c(C)cc(/C=C/c3ccc(N(C)C)cc3)n2B(F)F)cc1. The van der Waals surface area contributed by atoms with E-state index in [9.17, 15) is 9.90 Å². The largest absolute Gasteiger partial charge is 0.678 e. The fourth-order valence-electron chi connectivity index (χ4n) is 6.20. The molecule has 0 radical (unpaired) electrons. The van der Waals surface area contributed by atoms with Crippen molar-refractivity contribution in [2.45, 2.75) is 27.7 Å². The number of Topliss-reactive ketones (excluding diaryl/α,β-unsaturated/α-hetero) is 1. The summed E-state index contributed by atoms with van der Waals surface area (Å²) < 4.78 is 31.5. The maximum Gasteiger partial charge on any atom is 0.678 e. The lowest BCUT2D eigenvalue weighted by molar-refractivity contribution is -0.111. The lowest BCUT2D eigenvalue weighted by Gasteiger charge is -2.17. The number of aliphatic hydroxyl groups is 1. The van der Waals surface area contributed by atoms with Crippen LogP contribution in [0.15, 0.2) is 113 Å².